The Bertz CT molecular complexity index is 1520. The third-order valence-electron chi connectivity index (χ3n) is 6.22. The molecular weight excluding hydrogens is 513 g/mol. The van der Waals surface area contributed by atoms with Crippen LogP contribution in [0.5, 0.6) is 11.5 Å². The molecule has 8 nitrogen and oxygen atoms in total. The first-order valence-corrected chi connectivity index (χ1v) is 12.2. The molecule has 1 aromatic heterocycles. The Labute approximate surface area is 222 Å². The first-order valence-electron chi connectivity index (χ1n) is 11.8. The van der Waals surface area contributed by atoms with Crippen LogP contribution in [0, 0.1) is 5.82 Å². The van der Waals surface area contributed by atoms with Crippen molar-refractivity contribution in [1.29, 1.82) is 0 Å². The van der Waals surface area contributed by atoms with Crippen molar-refractivity contribution in [3.05, 3.63) is 100.0 Å². The number of carboxylic acid groups (broad SMARTS) is 1. The van der Waals surface area contributed by atoms with Gasteiger partial charge in [0.05, 0.1) is 17.8 Å². The number of benzene rings is 3. The monoisotopic (exact) mass is 535 g/mol. The molecule has 0 radical (unpaired) electrons. The minimum Gasteiger partial charge on any atom is -0.489 e. The zero-order valence-electron chi connectivity index (χ0n) is 20.4. The summed E-state index contributed by atoms with van der Waals surface area (Å²) in [5, 5.41) is 14.1. The second kappa shape index (κ2) is 10.5. The van der Waals surface area contributed by atoms with Crippen molar-refractivity contribution >= 4 is 23.5 Å². The lowest BCUT2D eigenvalue weighted by atomic mass is 10.0. The van der Waals surface area contributed by atoms with Crippen molar-refractivity contribution in [2.75, 3.05) is 13.2 Å². The van der Waals surface area contributed by atoms with Crippen LogP contribution in [-0.4, -0.2) is 44.8 Å². The van der Waals surface area contributed by atoms with Crippen molar-refractivity contribution in [1.82, 2.24) is 14.7 Å². The number of hydrogen-bond donors (Lipinski definition) is 1. The van der Waals surface area contributed by atoms with Crippen LogP contribution in [0.25, 0.3) is 11.3 Å². The maximum Gasteiger partial charge on any atom is 0.335 e. The van der Waals surface area contributed by atoms with E-state index in [1.807, 2.05) is 30.3 Å². The topological polar surface area (TPSA) is 93.9 Å². The van der Waals surface area contributed by atoms with E-state index in [0.29, 0.717) is 16.3 Å². The van der Waals surface area contributed by atoms with Gasteiger partial charge in [-0.05, 0) is 42.0 Å². The molecule has 38 heavy (non-hydrogen) atoms. The van der Waals surface area contributed by atoms with Crippen LogP contribution in [0.3, 0.4) is 0 Å². The normalized spacial score (nSPS) is 11.8. The summed E-state index contributed by atoms with van der Waals surface area (Å²) in [6.07, 6.45) is 0. The number of carbonyl (C=O) groups excluding carboxylic acids is 1. The van der Waals surface area contributed by atoms with Gasteiger partial charge >= 0.3 is 5.97 Å². The number of amides is 1. The maximum absolute atomic E-state index is 14.3. The highest BCUT2D eigenvalue weighted by molar-refractivity contribution is 6.31. The van der Waals surface area contributed by atoms with E-state index in [1.165, 1.54) is 12.1 Å². The fraction of sp³-hybridized carbons (Fsp3) is 0.179. The predicted molar refractivity (Wildman–Crippen MR) is 138 cm³/mol. The highest BCUT2D eigenvalue weighted by atomic mass is 35.5. The van der Waals surface area contributed by atoms with Gasteiger partial charge in [-0.25, -0.2) is 9.18 Å². The Balaban J connectivity index is 1.41. The number of halogens is 2. The van der Waals surface area contributed by atoms with Crippen molar-refractivity contribution in [3.63, 3.8) is 0 Å². The summed E-state index contributed by atoms with van der Waals surface area (Å²) in [6, 6.07) is 18.2. The summed E-state index contributed by atoms with van der Waals surface area (Å²) in [6.45, 7) is 0.558. The molecule has 1 aliphatic rings. The molecule has 0 saturated carbocycles. The van der Waals surface area contributed by atoms with Gasteiger partial charge in [0.2, 0.25) is 0 Å². The minimum atomic E-state index is -1.23. The van der Waals surface area contributed by atoms with Crippen molar-refractivity contribution < 1.29 is 28.6 Å². The average molecular weight is 536 g/mol. The van der Waals surface area contributed by atoms with Gasteiger partial charge in [0.1, 0.15) is 19.0 Å². The van der Waals surface area contributed by atoms with Crippen LogP contribution in [0.15, 0.2) is 66.7 Å². The fourth-order valence-electron chi connectivity index (χ4n) is 4.40. The molecule has 1 N–H and O–H groups in total. The Morgan fingerprint density at radius 1 is 1.16 bits per heavy atom. The molecule has 4 aromatic rings. The highest BCUT2D eigenvalue weighted by Gasteiger charge is 2.31. The van der Waals surface area contributed by atoms with Crippen molar-refractivity contribution in [2.24, 2.45) is 7.05 Å². The molecule has 194 valence electrons. The molecule has 0 unspecified atom stereocenters. The zero-order chi connectivity index (χ0) is 26.8. The number of hydrogen-bond acceptors (Lipinski definition) is 5. The van der Waals surface area contributed by atoms with Gasteiger partial charge < -0.3 is 19.5 Å². The van der Waals surface area contributed by atoms with Crippen molar-refractivity contribution in [3.8, 4) is 22.8 Å². The number of carboxylic acids is 1. The van der Waals surface area contributed by atoms with E-state index in [2.05, 4.69) is 5.10 Å². The lowest BCUT2D eigenvalue weighted by molar-refractivity contribution is 0.0689. The largest absolute Gasteiger partial charge is 0.489 e. The second-order valence-corrected chi connectivity index (χ2v) is 9.18. The van der Waals surface area contributed by atoms with Crippen LogP contribution in [0.1, 0.15) is 32.0 Å². The summed E-state index contributed by atoms with van der Waals surface area (Å²) >= 11 is 6.22. The maximum atomic E-state index is 14.3. The van der Waals surface area contributed by atoms with Gasteiger partial charge in [0.25, 0.3) is 5.91 Å². The summed E-state index contributed by atoms with van der Waals surface area (Å²) in [7, 11) is 1.76. The van der Waals surface area contributed by atoms with E-state index in [4.69, 9.17) is 26.2 Å². The highest BCUT2D eigenvalue weighted by Crippen LogP contribution is 2.40. The SMILES string of the molecule is Cn1nc(C(=O)N(CCOc2ccc(C(=O)O)cc2F)Cc2ccccc2)c2c1-c1cc(Cl)ccc1OC2. The standard InChI is InChI=1S/C28H23ClFN3O5/c1-32-26-20-14-19(29)8-10-23(20)38-16-21(26)25(31-32)27(34)33(15-17-5-3-2-4-6-17)11-12-37-24-9-7-18(28(35)36)13-22(24)30/h2-10,13-14H,11-12,15-16H2,1H3,(H,35,36). The number of aromatic nitrogens is 2. The summed E-state index contributed by atoms with van der Waals surface area (Å²) in [4.78, 5) is 26.5. The third-order valence-corrected chi connectivity index (χ3v) is 6.45. The van der Waals surface area contributed by atoms with E-state index in [1.54, 1.807) is 34.8 Å². The smallest absolute Gasteiger partial charge is 0.335 e. The molecule has 0 spiro atoms. The Morgan fingerprint density at radius 3 is 2.68 bits per heavy atom. The quantitative estimate of drug-likeness (QED) is 0.334. The fourth-order valence-corrected chi connectivity index (χ4v) is 4.57. The number of ether oxygens (including phenoxy) is 2. The first kappa shape index (κ1) is 25.3. The first-order chi connectivity index (χ1) is 18.3. The van der Waals surface area contributed by atoms with Gasteiger partial charge in [0, 0.05) is 29.7 Å². The number of fused-ring (bicyclic) bond motifs is 3. The van der Waals surface area contributed by atoms with Gasteiger partial charge in [-0.3, -0.25) is 9.48 Å². The van der Waals surface area contributed by atoms with Crippen LogP contribution >= 0.6 is 11.6 Å². The Morgan fingerprint density at radius 2 is 1.95 bits per heavy atom. The molecular formula is C28H23ClFN3O5. The molecule has 0 saturated heterocycles. The molecule has 10 heteroatoms. The van der Waals surface area contributed by atoms with E-state index < -0.39 is 11.8 Å². The molecule has 0 fully saturated rings. The molecule has 0 bridgehead atoms. The predicted octanol–water partition coefficient (Wildman–Crippen LogP) is 5.19. The molecule has 3 aromatic carbocycles. The van der Waals surface area contributed by atoms with Crippen LogP contribution in [0.4, 0.5) is 4.39 Å². The number of carbonyl (C=O) groups is 2. The van der Waals surface area contributed by atoms with E-state index >= 15 is 0 Å². The number of aromatic carboxylic acids is 1. The number of nitrogens with zero attached hydrogens (tertiary/aromatic N) is 3. The van der Waals surface area contributed by atoms with Gasteiger partial charge in [-0.15, -0.1) is 0 Å². The number of aryl methyl sites for hydroxylation is 1. The average Bonchev–Trinajstić information content (AvgIpc) is 3.25. The lowest BCUT2D eigenvalue weighted by Crippen LogP contribution is -2.35. The molecule has 0 atom stereocenters. The lowest BCUT2D eigenvalue weighted by Gasteiger charge is -2.24. The molecule has 1 amide bonds. The van der Waals surface area contributed by atoms with Crippen LogP contribution in [0.2, 0.25) is 5.02 Å². The van der Waals surface area contributed by atoms with Crippen molar-refractivity contribution in [2.45, 2.75) is 13.2 Å². The van der Waals surface area contributed by atoms with E-state index in [0.717, 1.165) is 22.9 Å². The summed E-state index contributed by atoms with van der Waals surface area (Å²) in [5.41, 5.74) is 3.14. The van der Waals surface area contributed by atoms with Gasteiger partial charge in [0.15, 0.2) is 17.3 Å². The summed E-state index contributed by atoms with van der Waals surface area (Å²) < 4.78 is 27.5. The zero-order valence-corrected chi connectivity index (χ0v) is 21.1. The van der Waals surface area contributed by atoms with E-state index in [9.17, 15) is 14.0 Å². The second-order valence-electron chi connectivity index (χ2n) is 8.74. The van der Waals surface area contributed by atoms with E-state index in [-0.39, 0.29) is 49.2 Å². The third kappa shape index (κ3) is 5.05. The van der Waals surface area contributed by atoms with Gasteiger partial charge in [-0.1, -0.05) is 41.9 Å². The Kier molecular flexibility index (Phi) is 7.02. The molecule has 2 heterocycles. The molecule has 0 aliphatic carbocycles. The molecule has 1 aliphatic heterocycles. The number of rotatable bonds is 8. The minimum absolute atomic E-state index is 0.0219. The van der Waals surface area contributed by atoms with Gasteiger partial charge in [-0.2, -0.15) is 5.10 Å². The van der Waals surface area contributed by atoms with Crippen LogP contribution < -0.4 is 9.47 Å². The Hall–Kier alpha value is -4.37. The van der Waals surface area contributed by atoms with Crippen LogP contribution in [-0.2, 0) is 20.2 Å². The summed E-state index contributed by atoms with van der Waals surface area (Å²) in [5.74, 6) is -1.79. The molecule has 5 rings (SSSR count).